The molecule has 112 valence electrons. The topological polar surface area (TPSA) is 47.8 Å². The lowest BCUT2D eigenvalue weighted by Crippen LogP contribution is -2.32. The van der Waals surface area contributed by atoms with Crippen molar-refractivity contribution in [3.8, 4) is 0 Å². The predicted molar refractivity (Wildman–Crippen MR) is 83.7 cm³/mol. The van der Waals surface area contributed by atoms with E-state index in [0.717, 1.165) is 5.56 Å². The van der Waals surface area contributed by atoms with Crippen molar-refractivity contribution in [1.29, 1.82) is 0 Å². The van der Waals surface area contributed by atoms with Crippen molar-refractivity contribution in [3.05, 3.63) is 46.5 Å². The molecule has 0 amide bonds. The third-order valence-corrected chi connectivity index (χ3v) is 3.81. The summed E-state index contributed by atoms with van der Waals surface area (Å²) < 4.78 is 1.58. The second kappa shape index (κ2) is 6.16. The van der Waals surface area contributed by atoms with Gasteiger partial charge in [0.1, 0.15) is 18.7 Å². The van der Waals surface area contributed by atoms with Crippen molar-refractivity contribution in [2.24, 2.45) is 5.41 Å². The fourth-order valence-corrected chi connectivity index (χ4v) is 2.57. The first kappa shape index (κ1) is 16.0. The molecule has 0 saturated heterocycles. The lowest BCUT2D eigenvalue weighted by atomic mass is 9.84. The molecule has 0 aliphatic rings. The maximum absolute atomic E-state index is 12.7. The lowest BCUT2D eigenvalue weighted by molar-refractivity contribution is -0.130. The Balaban J connectivity index is 2.35. The van der Waals surface area contributed by atoms with Crippen molar-refractivity contribution in [2.45, 2.75) is 33.2 Å². The van der Waals surface area contributed by atoms with E-state index < -0.39 is 11.5 Å². The molecule has 0 fully saturated rings. The third kappa shape index (κ3) is 3.83. The molecule has 0 radical (unpaired) electrons. The van der Waals surface area contributed by atoms with Crippen LogP contribution in [-0.4, -0.2) is 20.5 Å². The number of carbonyl (C=O) groups is 1. The summed E-state index contributed by atoms with van der Waals surface area (Å²) in [6, 6.07) is 4.84. The summed E-state index contributed by atoms with van der Waals surface area (Å²) in [5, 5.41) is 5.23. The average molecular weight is 326 g/mol. The minimum atomic E-state index is -0.477. The number of Topliss-reactive ketones (excluding diaryl/α,β-unsaturated/α-hetero) is 1. The van der Waals surface area contributed by atoms with Gasteiger partial charge >= 0.3 is 0 Å². The van der Waals surface area contributed by atoms with E-state index in [9.17, 15) is 4.79 Å². The first-order valence-electron chi connectivity index (χ1n) is 6.61. The highest BCUT2D eigenvalue weighted by atomic mass is 35.5. The van der Waals surface area contributed by atoms with E-state index >= 15 is 0 Å². The van der Waals surface area contributed by atoms with Crippen molar-refractivity contribution < 1.29 is 4.79 Å². The Morgan fingerprint density at radius 2 is 2.05 bits per heavy atom. The van der Waals surface area contributed by atoms with Gasteiger partial charge in [-0.15, -0.1) is 0 Å². The molecule has 0 saturated carbocycles. The van der Waals surface area contributed by atoms with Crippen LogP contribution in [-0.2, 0) is 11.2 Å². The van der Waals surface area contributed by atoms with Crippen molar-refractivity contribution in [1.82, 2.24) is 14.8 Å². The molecule has 2 rings (SSSR count). The molecule has 2 aromatic rings. The SMILES string of the molecule is CC(C)(C)C(=O)C(Cc1ccc(Cl)cc1Cl)n1cncn1. The molecule has 4 nitrogen and oxygen atoms in total. The van der Waals surface area contributed by atoms with Gasteiger partial charge in [0.2, 0.25) is 0 Å². The van der Waals surface area contributed by atoms with Crippen molar-refractivity contribution in [2.75, 3.05) is 0 Å². The van der Waals surface area contributed by atoms with E-state index in [2.05, 4.69) is 10.1 Å². The number of nitrogens with zero attached hydrogens (tertiary/aromatic N) is 3. The van der Waals surface area contributed by atoms with E-state index in [4.69, 9.17) is 23.2 Å². The van der Waals surface area contributed by atoms with Gasteiger partial charge in [0.15, 0.2) is 5.78 Å². The summed E-state index contributed by atoms with van der Waals surface area (Å²) in [6.07, 6.45) is 3.43. The summed E-state index contributed by atoms with van der Waals surface area (Å²) >= 11 is 12.1. The molecule has 0 bridgehead atoms. The number of hydrogen-bond donors (Lipinski definition) is 0. The number of ketones is 1. The predicted octanol–water partition coefficient (Wildman–Crippen LogP) is 3.98. The van der Waals surface area contributed by atoms with Crippen LogP contribution >= 0.6 is 23.2 Å². The van der Waals surface area contributed by atoms with Gasteiger partial charge in [0.25, 0.3) is 0 Å². The summed E-state index contributed by atoms with van der Waals surface area (Å²) in [6.45, 7) is 5.67. The Morgan fingerprint density at radius 3 is 2.57 bits per heavy atom. The Bertz CT molecular complexity index is 633. The van der Waals surface area contributed by atoms with E-state index in [1.165, 1.54) is 6.33 Å². The van der Waals surface area contributed by atoms with Crippen LogP contribution in [0.15, 0.2) is 30.9 Å². The molecule has 1 atom stereocenters. The number of carbonyl (C=O) groups excluding carboxylic acids is 1. The Hall–Kier alpha value is -1.39. The number of rotatable bonds is 4. The third-order valence-electron chi connectivity index (χ3n) is 3.23. The highest BCUT2D eigenvalue weighted by molar-refractivity contribution is 6.35. The van der Waals surface area contributed by atoms with Crippen LogP contribution in [0.5, 0.6) is 0 Å². The van der Waals surface area contributed by atoms with E-state index in [-0.39, 0.29) is 5.78 Å². The van der Waals surface area contributed by atoms with Gasteiger partial charge < -0.3 is 0 Å². The van der Waals surface area contributed by atoms with Crippen LogP contribution in [0.4, 0.5) is 0 Å². The zero-order valence-electron chi connectivity index (χ0n) is 12.2. The van der Waals surface area contributed by atoms with Crippen LogP contribution < -0.4 is 0 Å². The molecule has 1 heterocycles. The molecule has 0 N–H and O–H groups in total. The van der Waals surface area contributed by atoms with Gasteiger partial charge in [0.05, 0.1) is 0 Å². The molecular weight excluding hydrogens is 309 g/mol. The monoisotopic (exact) mass is 325 g/mol. The highest BCUT2D eigenvalue weighted by Gasteiger charge is 2.32. The van der Waals surface area contributed by atoms with E-state index in [0.29, 0.717) is 16.5 Å². The quantitative estimate of drug-likeness (QED) is 0.854. The average Bonchev–Trinajstić information content (AvgIpc) is 2.90. The minimum Gasteiger partial charge on any atom is -0.297 e. The molecule has 1 aromatic heterocycles. The molecule has 0 spiro atoms. The summed E-state index contributed by atoms with van der Waals surface area (Å²) in [5.41, 5.74) is 0.384. The van der Waals surface area contributed by atoms with Gasteiger partial charge in [-0.2, -0.15) is 5.10 Å². The summed E-state index contributed by atoms with van der Waals surface area (Å²) in [5.74, 6) is 0.0824. The second-order valence-corrected chi connectivity index (χ2v) is 6.79. The van der Waals surface area contributed by atoms with Crippen molar-refractivity contribution in [3.63, 3.8) is 0 Å². The van der Waals surface area contributed by atoms with Crippen LogP contribution in [0.1, 0.15) is 32.4 Å². The summed E-state index contributed by atoms with van der Waals surface area (Å²) in [4.78, 5) is 16.6. The Labute approximate surface area is 134 Å². The van der Waals surface area contributed by atoms with Gasteiger partial charge in [-0.3, -0.25) is 4.79 Å². The van der Waals surface area contributed by atoms with Gasteiger partial charge in [-0.25, -0.2) is 9.67 Å². The number of aromatic nitrogens is 3. The molecule has 1 aromatic carbocycles. The van der Waals surface area contributed by atoms with Crippen LogP contribution in [0.2, 0.25) is 10.0 Å². The molecule has 1 unspecified atom stereocenters. The molecule has 6 heteroatoms. The Kier molecular flexibility index (Phi) is 4.69. The van der Waals surface area contributed by atoms with E-state index in [1.54, 1.807) is 23.1 Å². The maximum atomic E-state index is 12.7. The largest absolute Gasteiger partial charge is 0.297 e. The molecular formula is C15H17Cl2N3O. The minimum absolute atomic E-state index is 0.0824. The zero-order chi connectivity index (χ0) is 15.6. The fourth-order valence-electron chi connectivity index (χ4n) is 2.08. The lowest BCUT2D eigenvalue weighted by Gasteiger charge is -2.25. The second-order valence-electron chi connectivity index (χ2n) is 5.95. The molecule has 21 heavy (non-hydrogen) atoms. The van der Waals surface area contributed by atoms with Gasteiger partial charge in [-0.05, 0) is 17.7 Å². The normalized spacial score (nSPS) is 13.2. The fraction of sp³-hybridized carbons (Fsp3) is 0.400. The van der Waals surface area contributed by atoms with Crippen LogP contribution in [0.3, 0.4) is 0 Å². The molecule has 0 aliphatic heterocycles. The van der Waals surface area contributed by atoms with Crippen LogP contribution in [0, 0.1) is 5.41 Å². The number of halogens is 2. The van der Waals surface area contributed by atoms with Crippen LogP contribution in [0.25, 0.3) is 0 Å². The first-order valence-corrected chi connectivity index (χ1v) is 7.37. The standard InChI is InChI=1S/C15H17Cl2N3O/c1-15(2,3)14(21)13(20-9-18-8-19-20)6-10-4-5-11(16)7-12(10)17/h4-5,7-9,13H,6H2,1-3H3. The summed E-state index contributed by atoms with van der Waals surface area (Å²) in [7, 11) is 0. The highest BCUT2D eigenvalue weighted by Crippen LogP contribution is 2.29. The maximum Gasteiger partial charge on any atom is 0.163 e. The Morgan fingerprint density at radius 1 is 1.33 bits per heavy atom. The van der Waals surface area contributed by atoms with E-state index in [1.807, 2.05) is 26.8 Å². The number of benzene rings is 1. The van der Waals surface area contributed by atoms with Crippen molar-refractivity contribution >= 4 is 29.0 Å². The molecule has 0 aliphatic carbocycles. The van der Waals surface area contributed by atoms with Gasteiger partial charge in [0, 0.05) is 21.9 Å². The number of hydrogen-bond acceptors (Lipinski definition) is 3. The first-order chi connectivity index (χ1) is 9.79. The smallest absolute Gasteiger partial charge is 0.163 e. The van der Waals surface area contributed by atoms with Gasteiger partial charge in [-0.1, -0.05) is 50.0 Å². The zero-order valence-corrected chi connectivity index (χ0v) is 13.7.